The quantitative estimate of drug-likeness (QED) is 0.0652. The smallest absolute Gasteiger partial charge is 0.236 e. The maximum atomic E-state index is 12.5. The third kappa shape index (κ3) is 33.8. The van der Waals surface area contributed by atoms with E-state index in [9.17, 15) is 4.79 Å². The number of amides is 1. The molecule has 0 aromatic rings. The molecule has 3 heteroatoms. The Balaban J connectivity index is 3.56. The molecule has 3 nitrogen and oxygen atoms in total. The van der Waals surface area contributed by atoms with E-state index in [-0.39, 0.29) is 12.3 Å². The number of unbranched alkanes of at least 4 members (excludes halogenated alkanes) is 32. The predicted octanol–water partition coefficient (Wildman–Crippen LogP) is 14.0. The lowest BCUT2D eigenvalue weighted by atomic mass is 10.0. The minimum absolute atomic E-state index is 0.0396. The average Bonchev–Trinajstić information content (AvgIpc) is 3.03. The Morgan fingerprint density at radius 1 is 0.386 bits per heavy atom. The molecule has 0 saturated heterocycles. The van der Waals surface area contributed by atoms with Gasteiger partial charge in [-0.05, 0) is 12.8 Å². The summed E-state index contributed by atoms with van der Waals surface area (Å²) in [6, 6.07) is 2.07. The van der Waals surface area contributed by atoms with Crippen LogP contribution in [-0.2, 0) is 4.79 Å². The molecule has 1 amide bonds. The van der Waals surface area contributed by atoms with Crippen LogP contribution in [0.15, 0.2) is 0 Å². The maximum absolute atomic E-state index is 12.5. The van der Waals surface area contributed by atoms with Gasteiger partial charge in [0.05, 0.1) is 6.07 Å². The van der Waals surface area contributed by atoms with Crippen LogP contribution in [0.2, 0.25) is 0 Å². The van der Waals surface area contributed by atoms with Crippen molar-refractivity contribution in [2.24, 2.45) is 0 Å². The first-order chi connectivity index (χ1) is 21.8. The second kappa shape index (κ2) is 38.1. The minimum Gasteiger partial charge on any atom is -0.342 e. The van der Waals surface area contributed by atoms with Crippen LogP contribution in [0.4, 0.5) is 0 Å². The summed E-state index contributed by atoms with van der Waals surface area (Å²) >= 11 is 0. The molecule has 0 spiro atoms. The van der Waals surface area contributed by atoms with Crippen molar-refractivity contribution in [1.82, 2.24) is 4.90 Å². The highest BCUT2D eigenvalue weighted by Crippen LogP contribution is 2.16. The highest BCUT2D eigenvalue weighted by molar-refractivity contribution is 5.78. The van der Waals surface area contributed by atoms with Crippen molar-refractivity contribution in [1.29, 1.82) is 5.26 Å². The van der Waals surface area contributed by atoms with Gasteiger partial charge in [0.1, 0.15) is 6.42 Å². The van der Waals surface area contributed by atoms with Gasteiger partial charge in [-0.3, -0.25) is 4.79 Å². The zero-order valence-corrected chi connectivity index (χ0v) is 30.5. The Kier molecular flexibility index (Phi) is 37.2. The second-order valence-electron chi connectivity index (χ2n) is 14.0. The van der Waals surface area contributed by atoms with Crippen molar-refractivity contribution < 1.29 is 4.79 Å². The van der Waals surface area contributed by atoms with Crippen molar-refractivity contribution in [3.05, 3.63) is 0 Å². The van der Waals surface area contributed by atoms with Crippen LogP contribution >= 0.6 is 0 Å². The molecule has 0 N–H and O–H groups in total. The van der Waals surface area contributed by atoms with Crippen LogP contribution in [0.1, 0.15) is 239 Å². The average molecular weight is 617 g/mol. The van der Waals surface area contributed by atoms with E-state index in [1.54, 1.807) is 0 Å². The van der Waals surface area contributed by atoms with Crippen LogP contribution in [0, 0.1) is 11.3 Å². The maximum Gasteiger partial charge on any atom is 0.236 e. The Hall–Kier alpha value is -1.04. The lowest BCUT2D eigenvalue weighted by Gasteiger charge is -2.21. The number of rotatable bonds is 37. The fourth-order valence-electron chi connectivity index (χ4n) is 6.60. The Morgan fingerprint density at radius 2 is 0.591 bits per heavy atom. The first-order valence-corrected chi connectivity index (χ1v) is 20.4. The normalized spacial score (nSPS) is 11.2. The van der Waals surface area contributed by atoms with Gasteiger partial charge in [-0.25, -0.2) is 0 Å². The molecule has 0 rings (SSSR count). The summed E-state index contributed by atoms with van der Waals surface area (Å²) in [5.41, 5.74) is 0. The van der Waals surface area contributed by atoms with Crippen molar-refractivity contribution in [2.45, 2.75) is 239 Å². The van der Waals surface area contributed by atoms with Gasteiger partial charge >= 0.3 is 0 Å². The van der Waals surface area contributed by atoms with Gasteiger partial charge in [0, 0.05) is 13.1 Å². The summed E-state index contributed by atoms with van der Waals surface area (Å²) in [5, 5.41) is 9.03. The molecule has 0 aromatic carbocycles. The van der Waals surface area contributed by atoms with Crippen molar-refractivity contribution in [3.8, 4) is 6.07 Å². The molecular formula is C41H80N2O. The molecule has 0 aliphatic rings. The van der Waals surface area contributed by atoms with Crippen molar-refractivity contribution in [3.63, 3.8) is 0 Å². The van der Waals surface area contributed by atoms with Gasteiger partial charge in [0.2, 0.25) is 5.91 Å². The molecule has 0 aliphatic carbocycles. The van der Waals surface area contributed by atoms with E-state index in [1.807, 2.05) is 4.90 Å². The predicted molar refractivity (Wildman–Crippen MR) is 195 cm³/mol. The van der Waals surface area contributed by atoms with E-state index in [4.69, 9.17) is 5.26 Å². The highest BCUT2D eigenvalue weighted by Gasteiger charge is 2.12. The van der Waals surface area contributed by atoms with E-state index in [2.05, 4.69) is 19.9 Å². The minimum atomic E-state index is 0.0396. The standard InChI is InChI=1S/C41H80N2O/c1-3-5-7-9-11-13-15-17-19-21-23-25-27-29-31-33-35-39-43(41(44)37-38-42)40-36-34-32-30-28-26-24-22-20-18-16-14-12-10-8-6-4-2/h3-37,39-40H2,1-2H3. The van der Waals surface area contributed by atoms with Crippen molar-refractivity contribution in [2.75, 3.05) is 13.1 Å². The summed E-state index contributed by atoms with van der Waals surface area (Å²) in [4.78, 5) is 14.4. The van der Waals surface area contributed by atoms with Crippen LogP contribution in [0.5, 0.6) is 0 Å². The Morgan fingerprint density at radius 3 is 0.795 bits per heavy atom. The van der Waals surface area contributed by atoms with Gasteiger partial charge in [-0.1, -0.05) is 219 Å². The molecule has 0 heterocycles. The fourth-order valence-corrected chi connectivity index (χ4v) is 6.60. The number of nitrogens with zero attached hydrogens (tertiary/aromatic N) is 2. The van der Waals surface area contributed by atoms with Crippen LogP contribution in [0.25, 0.3) is 0 Å². The summed E-state index contributed by atoms with van der Waals surface area (Å²) in [6.45, 7) is 6.27. The van der Waals surface area contributed by atoms with Crippen LogP contribution in [-0.4, -0.2) is 23.9 Å². The van der Waals surface area contributed by atoms with E-state index >= 15 is 0 Å². The molecule has 260 valence electrons. The fraction of sp³-hybridized carbons (Fsp3) is 0.951. The first kappa shape index (κ1) is 43.0. The third-order valence-electron chi connectivity index (χ3n) is 9.65. The molecule has 0 radical (unpaired) electrons. The molecule has 0 aliphatic heterocycles. The van der Waals surface area contributed by atoms with Crippen molar-refractivity contribution >= 4 is 5.91 Å². The number of carbonyl (C=O) groups excluding carboxylic acids is 1. The summed E-state index contributed by atoms with van der Waals surface area (Å²) in [6.07, 6.45) is 46.8. The molecule has 0 aromatic heterocycles. The first-order valence-electron chi connectivity index (χ1n) is 20.4. The van der Waals surface area contributed by atoms with E-state index < -0.39 is 0 Å². The molecule has 0 bridgehead atoms. The van der Waals surface area contributed by atoms with E-state index in [1.165, 1.54) is 205 Å². The third-order valence-corrected chi connectivity index (χ3v) is 9.65. The van der Waals surface area contributed by atoms with Gasteiger partial charge in [-0.15, -0.1) is 0 Å². The summed E-state index contributed by atoms with van der Waals surface area (Å²) in [5.74, 6) is 0.0421. The number of carbonyl (C=O) groups is 1. The van der Waals surface area contributed by atoms with Gasteiger partial charge in [0.15, 0.2) is 0 Å². The van der Waals surface area contributed by atoms with Crippen LogP contribution < -0.4 is 0 Å². The topological polar surface area (TPSA) is 44.1 Å². The SMILES string of the molecule is CCCCCCCCCCCCCCCCCCCN(CCCCCCCCCCCCCCCCCCC)C(=O)CC#N. The number of hydrogen-bond donors (Lipinski definition) is 0. The molecule has 0 unspecified atom stereocenters. The highest BCUT2D eigenvalue weighted by atomic mass is 16.2. The lowest BCUT2D eigenvalue weighted by Crippen LogP contribution is -2.32. The van der Waals surface area contributed by atoms with Gasteiger partial charge < -0.3 is 4.90 Å². The second-order valence-corrected chi connectivity index (χ2v) is 14.0. The Bertz CT molecular complexity index is 560. The number of nitriles is 1. The van der Waals surface area contributed by atoms with E-state index in [0.717, 1.165) is 25.9 Å². The monoisotopic (exact) mass is 617 g/mol. The largest absolute Gasteiger partial charge is 0.342 e. The zero-order valence-electron chi connectivity index (χ0n) is 30.5. The summed E-state index contributed by atoms with van der Waals surface area (Å²) in [7, 11) is 0. The Labute approximate surface area is 278 Å². The number of hydrogen-bond acceptors (Lipinski definition) is 2. The van der Waals surface area contributed by atoms with Gasteiger partial charge in [0.25, 0.3) is 0 Å². The molecule has 0 saturated carbocycles. The molecule has 0 atom stereocenters. The lowest BCUT2D eigenvalue weighted by molar-refractivity contribution is -0.130. The molecular weight excluding hydrogens is 536 g/mol. The van der Waals surface area contributed by atoms with E-state index in [0.29, 0.717) is 0 Å². The molecule has 0 fully saturated rings. The summed E-state index contributed by atoms with van der Waals surface area (Å²) < 4.78 is 0. The molecule has 44 heavy (non-hydrogen) atoms. The van der Waals surface area contributed by atoms with Gasteiger partial charge in [-0.2, -0.15) is 5.26 Å². The zero-order chi connectivity index (χ0) is 32.0. The van der Waals surface area contributed by atoms with Crippen LogP contribution in [0.3, 0.4) is 0 Å².